The van der Waals surface area contributed by atoms with Crippen molar-refractivity contribution in [1.29, 1.82) is 0 Å². The first-order valence-corrected chi connectivity index (χ1v) is 12.7. The average molecular weight is 495 g/mol. The highest BCUT2D eigenvalue weighted by atomic mass is 15.3. The Bertz CT molecular complexity index is 1500. The summed E-state index contributed by atoms with van der Waals surface area (Å²) in [5, 5.41) is 7.69. The van der Waals surface area contributed by atoms with Crippen LogP contribution in [0.1, 0.15) is 55.5 Å². The summed E-state index contributed by atoms with van der Waals surface area (Å²) in [7, 11) is 0. The molecule has 0 spiro atoms. The zero-order valence-corrected chi connectivity index (χ0v) is 21.3. The van der Waals surface area contributed by atoms with Crippen molar-refractivity contribution >= 4 is 23.0 Å². The first-order valence-electron chi connectivity index (χ1n) is 12.7. The largest absolute Gasteiger partial charge is 0.351 e. The lowest BCUT2D eigenvalue weighted by Crippen LogP contribution is -2.34. The fraction of sp³-hybridized carbons (Fsp3) is 0.333. The zero-order chi connectivity index (χ0) is 25.4. The van der Waals surface area contributed by atoms with Crippen LogP contribution in [0.4, 0.5) is 17.3 Å². The summed E-state index contributed by atoms with van der Waals surface area (Å²) >= 11 is 0. The van der Waals surface area contributed by atoms with Crippen LogP contribution in [0.3, 0.4) is 0 Å². The highest BCUT2D eigenvalue weighted by Gasteiger charge is 2.25. The lowest BCUT2D eigenvalue weighted by molar-refractivity contribution is 0.488. The molecule has 0 aromatic carbocycles. The van der Waals surface area contributed by atoms with Crippen LogP contribution in [0.25, 0.3) is 11.5 Å². The third kappa shape index (κ3) is 4.50. The van der Waals surface area contributed by atoms with Crippen LogP contribution >= 0.6 is 0 Å². The monoisotopic (exact) mass is 494 g/mol. The van der Waals surface area contributed by atoms with Crippen LogP contribution in [0.5, 0.6) is 0 Å². The van der Waals surface area contributed by atoms with Crippen molar-refractivity contribution in [3.05, 3.63) is 78.7 Å². The van der Waals surface area contributed by atoms with Crippen LogP contribution < -0.4 is 10.2 Å². The number of piperidine rings is 1. The van der Waals surface area contributed by atoms with Crippen molar-refractivity contribution in [2.45, 2.75) is 45.4 Å². The number of nitrogens with one attached hydrogen (secondary N) is 1. The summed E-state index contributed by atoms with van der Waals surface area (Å²) in [6.45, 7) is 8.16. The predicted molar refractivity (Wildman–Crippen MR) is 143 cm³/mol. The lowest BCUT2D eigenvalue weighted by Gasteiger charge is -2.31. The minimum atomic E-state index is 0.432. The molecule has 10 nitrogen and oxygen atoms in total. The summed E-state index contributed by atoms with van der Waals surface area (Å²) < 4.78 is 3.86. The summed E-state index contributed by atoms with van der Waals surface area (Å²) in [5.41, 5.74) is 6.07. The summed E-state index contributed by atoms with van der Waals surface area (Å²) in [6, 6.07) is 8.05. The van der Waals surface area contributed by atoms with Gasteiger partial charge in [0.05, 0.1) is 17.1 Å². The van der Waals surface area contributed by atoms with Gasteiger partial charge in [0.2, 0.25) is 5.95 Å². The van der Waals surface area contributed by atoms with E-state index < -0.39 is 0 Å². The smallest absolute Gasteiger partial charge is 0.225 e. The molecule has 0 bridgehead atoms. The molecule has 6 heterocycles. The van der Waals surface area contributed by atoms with Crippen molar-refractivity contribution < 1.29 is 0 Å². The molecule has 1 saturated heterocycles. The van der Waals surface area contributed by atoms with Crippen molar-refractivity contribution in [3.8, 4) is 5.82 Å². The quantitative estimate of drug-likeness (QED) is 0.364. The normalized spacial score (nSPS) is 14.5. The molecule has 0 amide bonds. The second-order valence-corrected chi connectivity index (χ2v) is 9.80. The van der Waals surface area contributed by atoms with Gasteiger partial charge in [-0.05, 0) is 55.5 Å². The van der Waals surface area contributed by atoms with Crippen molar-refractivity contribution in [2.24, 2.45) is 0 Å². The molecule has 0 radical (unpaired) electrons. The number of imidazole rings is 1. The number of hydrogen-bond acceptors (Lipinski definition) is 8. The average Bonchev–Trinajstić information content (AvgIpc) is 3.61. The molecule has 5 aromatic heterocycles. The van der Waals surface area contributed by atoms with Gasteiger partial charge < -0.3 is 14.6 Å². The molecule has 0 aliphatic carbocycles. The van der Waals surface area contributed by atoms with Crippen LogP contribution in [0, 0.1) is 6.92 Å². The predicted octanol–water partition coefficient (Wildman–Crippen LogP) is 4.66. The molecule has 188 valence electrons. The summed E-state index contributed by atoms with van der Waals surface area (Å²) in [6.07, 6.45) is 13.2. The molecule has 1 aliphatic heterocycles. The van der Waals surface area contributed by atoms with Gasteiger partial charge in [-0.25, -0.2) is 29.6 Å². The minimum Gasteiger partial charge on any atom is -0.351 e. The summed E-state index contributed by atoms with van der Waals surface area (Å²) in [5.74, 6) is 2.43. The SMILES string of the molecule is Cc1nc(-n2cncn2)ccc1Nc1cccn2c(C3CCN(c4ncc(C(C)C)cn4)CC3)cnc12. The molecular formula is C27H30N10. The Morgan fingerprint density at radius 2 is 1.78 bits per heavy atom. The van der Waals surface area contributed by atoms with E-state index >= 15 is 0 Å². The number of hydrogen-bond donors (Lipinski definition) is 1. The molecule has 0 atom stereocenters. The Hall–Kier alpha value is -4.34. The topological polar surface area (TPSA) is 102 Å². The highest BCUT2D eigenvalue weighted by molar-refractivity contribution is 5.75. The molecule has 0 unspecified atom stereocenters. The molecule has 5 aromatic rings. The fourth-order valence-electron chi connectivity index (χ4n) is 4.88. The standard InChI is InChI=1S/C27H30N10/c1-18(2)21-13-30-27(31-14-21)35-11-8-20(9-12-35)24-15-29-26-23(5-4-10-36(24)26)34-22-6-7-25(33-19(22)3)37-17-28-16-32-37/h4-7,10,13-18,20,34H,8-9,11-12H2,1-3H3. The van der Waals surface area contributed by atoms with Crippen molar-refractivity contribution in [3.63, 3.8) is 0 Å². The maximum absolute atomic E-state index is 4.80. The number of nitrogens with zero attached hydrogens (tertiary/aromatic N) is 9. The van der Waals surface area contributed by atoms with Gasteiger partial charge in [0.25, 0.3) is 0 Å². The third-order valence-corrected chi connectivity index (χ3v) is 7.08. The fourth-order valence-corrected chi connectivity index (χ4v) is 4.88. The van der Waals surface area contributed by atoms with E-state index in [1.807, 2.05) is 37.6 Å². The molecule has 0 saturated carbocycles. The number of anilines is 3. The van der Waals surface area contributed by atoms with E-state index in [4.69, 9.17) is 4.98 Å². The maximum atomic E-state index is 4.80. The van der Waals surface area contributed by atoms with Gasteiger partial charge in [0, 0.05) is 49.5 Å². The van der Waals surface area contributed by atoms with E-state index in [1.165, 1.54) is 17.6 Å². The van der Waals surface area contributed by atoms with Gasteiger partial charge in [-0.1, -0.05) is 13.8 Å². The van der Waals surface area contributed by atoms with Crippen LogP contribution in [-0.4, -0.2) is 52.2 Å². The first kappa shape index (κ1) is 23.1. The van der Waals surface area contributed by atoms with Gasteiger partial charge in [0.1, 0.15) is 12.7 Å². The first-order chi connectivity index (χ1) is 18.1. The van der Waals surface area contributed by atoms with Gasteiger partial charge in [-0.15, -0.1) is 0 Å². The van der Waals surface area contributed by atoms with Gasteiger partial charge in [0.15, 0.2) is 11.5 Å². The number of rotatable bonds is 6. The van der Waals surface area contributed by atoms with E-state index in [0.717, 1.165) is 60.4 Å². The Kier molecular flexibility index (Phi) is 5.99. The summed E-state index contributed by atoms with van der Waals surface area (Å²) in [4.78, 5) is 25.0. The number of aromatic nitrogens is 8. The minimum absolute atomic E-state index is 0.432. The van der Waals surface area contributed by atoms with Crippen molar-refractivity contribution in [1.82, 2.24) is 39.1 Å². The second-order valence-electron chi connectivity index (χ2n) is 9.80. The maximum Gasteiger partial charge on any atom is 0.225 e. The number of aryl methyl sites for hydroxylation is 1. The van der Waals surface area contributed by atoms with Crippen LogP contribution in [0.15, 0.2) is 61.7 Å². The molecule has 1 N–H and O–H groups in total. The molecule has 1 fully saturated rings. The van der Waals surface area contributed by atoms with E-state index in [0.29, 0.717) is 11.8 Å². The molecule has 1 aliphatic rings. The number of pyridine rings is 2. The van der Waals surface area contributed by atoms with Crippen LogP contribution in [-0.2, 0) is 0 Å². The van der Waals surface area contributed by atoms with Gasteiger partial charge in [-0.3, -0.25) is 0 Å². The lowest BCUT2D eigenvalue weighted by atomic mass is 9.94. The van der Waals surface area contributed by atoms with Crippen molar-refractivity contribution in [2.75, 3.05) is 23.3 Å². The van der Waals surface area contributed by atoms with E-state index in [1.54, 1.807) is 11.0 Å². The highest BCUT2D eigenvalue weighted by Crippen LogP contribution is 2.32. The molecule has 6 rings (SSSR count). The Morgan fingerprint density at radius 1 is 0.973 bits per heavy atom. The third-order valence-electron chi connectivity index (χ3n) is 7.08. The van der Waals surface area contributed by atoms with Gasteiger partial charge >= 0.3 is 0 Å². The van der Waals surface area contributed by atoms with E-state index in [9.17, 15) is 0 Å². The van der Waals surface area contributed by atoms with E-state index in [2.05, 4.69) is 71.8 Å². The van der Waals surface area contributed by atoms with E-state index in [-0.39, 0.29) is 0 Å². The second kappa shape index (κ2) is 9.61. The molecule has 37 heavy (non-hydrogen) atoms. The van der Waals surface area contributed by atoms with Crippen LogP contribution in [0.2, 0.25) is 0 Å². The Morgan fingerprint density at radius 3 is 2.49 bits per heavy atom. The number of fused-ring (bicyclic) bond motifs is 1. The molecule has 10 heteroatoms. The Labute approximate surface area is 215 Å². The Balaban J connectivity index is 1.18. The van der Waals surface area contributed by atoms with Gasteiger partial charge in [-0.2, -0.15) is 5.10 Å². The molecular weight excluding hydrogens is 464 g/mol. The zero-order valence-electron chi connectivity index (χ0n) is 21.3.